The highest BCUT2D eigenvalue weighted by atomic mass is 16.6. The van der Waals surface area contributed by atoms with E-state index in [1.165, 1.54) is 0 Å². The molecule has 0 saturated carbocycles. The molecule has 2 N–H and O–H groups in total. The standard InChI is InChI=1S/C51H48N6O6/c58-31-32-62-39-22-20-38(21-23-39)46-51(40-33-35(19-24-41(40)54-49(51)61)18-17-34-11-4-1-5-12-34)42(47(59)55-27-29-56(30-28-55)50-52-25-10-26-53-50)44-48(60)63-45(37-15-8-3-9-16-37)43(57(44)46)36-13-6-2-7-14-36/h2-3,6-11,13-16,19-26,33,42-46,58H,1,4-5,12,27-32H2,(H,54,61)/t42-,43-,44-,45+,46+,51-/m1/s1. The topological polar surface area (TPSA) is 137 Å². The van der Waals surface area contributed by atoms with Gasteiger partial charge in [-0.2, -0.15) is 0 Å². The molecule has 318 valence electrons. The SMILES string of the molecule is O=C1O[C@@H](c2ccccc2)[C@@H](c2ccccc2)N2[C@@H](c3ccc(OCCO)cc3)[C@]3(C(=O)Nc4ccc(C#CC5=CCCCC5)cc43)[C@@H](C(=O)N3CCN(c4ncccn4)CC3)[C@H]12. The molecule has 3 saturated heterocycles. The monoisotopic (exact) mass is 840 g/mol. The molecule has 5 heterocycles. The Morgan fingerprint density at radius 1 is 0.825 bits per heavy atom. The van der Waals surface area contributed by atoms with Gasteiger partial charge in [-0.3, -0.25) is 19.3 Å². The molecule has 63 heavy (non-hydrogen) atoms. The summed E-state index contributed by atoms with van der Waals surface area (Å²) in [7, 11) is 0. The minimum atomic E-state index is -1.64. The van der Waals surface area contributed by atoms with E-state index in [1.807, 2.05) is 108 Å². The number of cyclic esters (lactones) is 1. The van der Waals surface area contributed by atoms with E-state index in [-0.39, 0.29) is 25.0 Å². The number of benzene rings is 4. The van der Waals surface area contributed by atoms with Crippen LogP contribution < -0.4 is 15.0 Å². The number of fused-ring (bicyclic) bond motifs is 3. The zero-order chi connectivity index (χ0) is 42.9. The lowest BCUT2D eigenvalue weighted by Crippen LogP contribution is -2.58. The van der Waals surface area contributed by atoms with Crippen LogP contribution in [-0.4, -0.2) is 88.1 Å². The minimum Gasteiger partial charge on any atom is -0.491 e. The van der Waals surface area contributed by atoms with Gasteiger partial charge in [-0.1, -0.05) is 90.7 Å². The molecule has 2 amide bonds. The summed E-state index contributed by atoms with van der Waals surface area (Å²) in [6.07, 6.45) is 8.98. The van der Waals surface area contributed by atoms with Crippen LogP contribution in [0.1, 0.15) is 71.7 Å². The number of rotatable bonds is 8. The largest absolute Gasteiger partial charge is 0.491 e. The van der Waals surface area contributed by atoms with Gasteiger partial charge in [0.2, 0.25) is 17.8 Å². The first-order valence-corrected chi connectivity index (χ1v) is 21.8. The first-order valence-electron chi connectivity index (χ1n) is 21.8. The summed E-state index contributed by atoms with van der Waals surface area (Å²) in [5.41, 5.74) is 3.73. The van der Waals surface area contributed by atoms with Crippen molar-refractivity contribution in [1.29, 1.82) is 0 Å². The average molecular weight is 841 g/mol. The van der Waals surface area contributed by atoms with E-state index < -0.39 is 41.5 Å². The van der Waals surface area contributed by atoms with Gasteiger partial charge in [-0.15, -0.1) is 0 Å². The molecule has 0 unspecified atom stereocenters. The summed E-state index contributed by atoms with van der Waals surface area (Å²) in [5, 5.41) is 12.8. The number of carbonyl (C=O) groups is 3. The van der Waals surface area contributed by atoms with E-state index in [2.05, 4.69) is 38.1 Å². The molecule has 12 heteroatoms. The third-order valence-electron chi connectivity index (χ3n) is 13.2. The normalized spacial score (nSPS) is 25.3. The zero-order valence-electron chi connectivity index (χ0n) is 34.8. The average Bonchev–Trinajstić information content (AvgIpc) is 3.82. The Labute approximate surface area is 366 Å². The van der Waals surface area contributed by atoms with Gasteiger partial charge in [-0.25, -0.2) is 9.97 Å². The van der Waals surface area contributed by atoms with E-state index in [1.54, 1.807) is 23.4 Å². The van der Waals surface area contributed by atoms with Crippen molar-refractivity contribution in [3.8, 4) is 17.6 Å². The van der Waals surface area contributed by atoms with Crippen molar-refractivity contribution < 1.29 is 29.0 Å². The van der Waals surface area contributed by atoms with E-state index in [9.17, 15) is 5.11 Å². The lowest BCUT2D eigenvalue weighted by atomic mass is 9.65. The summed E-state index contributed by atoms with van der Waals surface area (Å²) < 4.78 is 12.4. The molecule has 0 bridgehead atoms. The molecule has 10 rings (SSSR count). The van der Waals surface area contributed by atoms with Crippen LogP contribution in [0.25, 0.3) is 0 Å². The predicted octanol–water partition coefficient (Wildman–Crippen LogP) is 6.32. The first-order chi connectivity index (χ1) is 30.9. The fourth-order valence-electron chi connectivity index (χ4n) is 10.4. The lowest BCUT2D eigenvalue weighted by molar-refractivity contribution is -0.179. The molecule has 0 radical (unpaired) electrons. The highest BCUT2D eigenvalue weighted by Gasteiger charge is 2.74. The molecule has 1 spiro atoms. The van der Waals surface area contributed by atoms with Crippen LogP contribution in [0.2, 0.25) is 0 Å². The number of ether oxygens (including phenoxy) is 2. The van der Waals surface area contributed by atoms with Crippen molar-refractivity contribution in [2.24, 2.45) is 5.92 Å². The fourth-order valence-corrected chi connectivity index (χ4v) is 10.4. The van der Waals surface area contributed by atoms with Gasteiger partial charge < -0.3 is 29.7 Å². The molecule has 4 aromatic carbocycles. The molecular formula is C51H48N6O6. The number of allylic oxidation sites excluding steroid dienone is 2. The number of piperazine rings is 1. The van der Waals surface area contributed by atoms with Gasteiger partial charge in [0.05, 0.1) is 24.6 Å². The minimum absolute atomic E-state index is 0.109. The van der Waals surface area contributed by atoms with Crippen molar-refractivity contribution >= 4 is 29.4 Å². The van der Waals surface area contributed by atoms with E-state index in [0.717, 1.165) is 42.4 Å². The fraction of sp³-hybridized carbons (Fsp3) is 0.314. The molecule has 4 aliphatic heterocycles. The number of aliphatic hydroxyl groups excluding tert-OH is 1. The molecule has 12 nitrogen and oxygen atoms in total. The summed E-state index contributed by atoms with van der Waals surface area (Å²) in [5.74, 6) is 5.44. The predicted molar refractivity (Wildman–Crippen MR) is 236 cm³/mol. The van der Waals surface area contributed by atoms with Crippen LogP contribution in [0.5, 0.6) is 5.75 Å². The quantitative estimate of drug-likeness (QED) is 0.135. The maximum Gasteiger partial charge on any atom is 0.324 e. The van der Waals surface area contributed by atoms with Crippen molar-refractivity contribution in [2.45, 2.75) is 55.3 Å². The number of nitrogens with one attached hydrogen (secondary N) is 1. The number of carbonyl (C=O) groups excluding carboxylic acids is 3. The maximum atomic E-state index is 15.9. The highest BCUT2D eigenvalue weighted by Crippen LogP contribution is 2.65. The van der Waals surface area contributed by atoms with Crippen LogP contribution in [0, 0.1) is 17.8 Å². The summed E-state index contributed by atoms with van der Waals surface area (Å²) >= 11 is 0. The van der Waals surface area contributed by atoms with Crippen molar-refractivity contribution in [1.82, 2.24) is 19.8 Å². The van der Waals surface area contributed by atoms with E-state index in [0.29, 0.717) is 60.3 Å². The number of hydrogen-bond donors (Lipinski definition) is 2. The Bertz CT molecular complexity index is 2590. The number of morpholine rings is 1. The highest BCUT2D eigenvalue weighted by molar-refractivity contribution is 6.12. The molecule has 5 aromatic rings. The number of nitrogens with zero attached hydrogens (tertiary/aromatic N) is 5. The van der Waals surface area contributed by atoms with Crippen LogP contribution in [0.3, 0.4) is 0 Å². The van der Waals surface area contributed by atoms with Gasteiger partial charge in [0.1, 0.15) is 29.9 Å². The first kappa shape index (κ1) is 40.3. The molecule has 1 aliphatic carbocycles. The summed E-state index contributed by atoms with van der Waals surface area (Å²) in [4.78, 5) is 61.7. The Balaban J connectivity index is 1.19. The van der Waals surface area contributed by atoms with E-state index >= 15 is 14.4 Å². The molecule has 6 atom stereocenters. The Hall–Kier alpha value is -6.81. The van der Waals surface area contributed by atoms with Crippen molar-refractivity contribution in [2.75, 3.05) is 49.6 Å². The van der Waals surface area contributed by atoms with Crippen LogP contribution in [0.15, 0.2) is 133 Å². The molecule has 5 aliphatic rings. The van der Waals surface area contributed by atoms with Gasteiger partial charge in [0.25, 0.3) is 0 Å². The third-order valence-corrected chi connectivity index (χ3v) is 13.2. The maximum absolute atomic E-state index is 15.9. The van der Waals surface area contributed by atoms with Gasteiger partial charge in [0.15, 0.2) is 0 Å². The number of esters is 1. The second kappa shape index (κ2) is 17.2. The zero-order valence-corrected chi connectivity index (χ0v) is 34.8. The van der Waals surface area contributed by atoms with Gasteiger partial charge >= 0.3 is 5.97 Å². The summed E-state index contributed by atoms with van der Waals surface area (Å²) in [6, 6.07) is 31.9. The van der Waals surface area contributed by atoms with Crippen molar-refractivity contribution in [3.63, 3.8) is 0 Å². The number of aliphatic hydroxyl groups is 1. The van der Waals surface area contributed by atoms with Crippen LogP contribution in [0.4, 0.5) is 11.6 Å². The lowest BCUT2D eigenvalue weighted by Gasteiger charge is -2.46. The third kappa shape index (κ3) is 7.21. The van der Waals surface area contributed by atoms with Crippen LogP contribution in [-0.2, 0) is 24.5 Å². The van der Waals surface area contributed by atoms with Gasteiger partial charge in [-0.05, 0) is 89.9 Å². The number of anilines is 2. The molecule has 1 aromatic heterocycles. The summed E-state index contributed by atoms with van der Waals surface area (Å²) in [6.45, 7) is 1.55. The van der Waals surface area contributed by atoms with E-state index in [4.69, 9.17) is 9.47 Å². The van der Waals surface area contributed by atoms with Crippen LogP contribution >= 0.6 is 0 Å². The Morgan fingerprint density at radius 3 is 2.25 bits per heavy atom. The molecular weight excluding hydrogens is 793 g/mol. The smallest absolute Gasteiger partial charge is 0.324 e. The van der Waals surface area contributed by atoms with Gasteiger partial charge in [0, 0.05) is 49.8 Å². The Morgan fingerprint density at radius 2 is 1.56 bits per heavy atom. The molecule has 3 fully saturated rings. The number of aromatic nitrogens is 2. The number of amides is 2. The second-order valence-corrected chi connectivity index (χ2v) is 16.7. The second-order valence-electron chi connectivity index (χ2n) is 16.7. The Kier molecular flexibility index (Phi) is 11.0. The number of hydrogen-bond acceptors (Lipinski definition) is 10. The van der Waals surface area contributed by atoms with Crippen molar-refractivity contribution in [3.05, 3.63) is 161 Å².